The monoisotopic (exact) mass is 342 g/mol. The second kappa shape index (κ2) is 6.00. The first kappa shape index (κ1) is 14.4. The predicted molar refractivity (Wildman–Crippen MR) is 76.2 cm³/mol. The molecule has 0 aliphatic carbocycles. The molecule has 20 heavy (non-hydrogen) atoms. The lowest BCUT2D eigenvalue weighted by Gasteiger charge is -2.08. The molecule has 0 fully saturated rings. The van der Waals surface area contributed by atoms with Crippen molar-refractivity contribution in [3.05, 3.63) is 50.5 Å². The third kappa shape index (κ3) is 3.13. The lowest BCUT2D eigenvalue weighted by molar-refractivity contribution is -0.384. The molecule has 0 spiro atoms. The molecular weight excluding hydrogens is 331 g/mol. The van der Waals surface area contributed by atoms with Crippen LogP contribution in [0.3, 0.4) is 0 Å². The van der Waals surface area contributed by atoms with Gasteiger partial charge in [-0.3, -0.25) is 14.8 Å². The number of rotatable bonds is 5. The quantitative estimate of drug-likeness (QED) is 0.669. The average molecular weight is 343 g/mol. The third-order valence-corrected chi connectivity index (χ3v) is 3.46. The lowest BCUT2D eigenvalue weighted by Crippen LogP contribution is -2.10. The van der Waals surface area contributed by atoms with Crippen molar-refractivity contribution in [2.45, 2.75) is 6.42 Å². The molecule has 1 aromatic carbocycles. The highest BCUT2D eigenvalue weighted by Gasteiger charge is 2.17. The molecule has 0 bridgehead atoms. The second-order valence-corrected chi connectivity index (χ2v) is 5.02. The molecule has 2 aromatic rings. The van der Waals surface area contributed by atoms with Crippen molar-refractivity contribution < 1.29 is 9.31 Å². The zero-order valence-electron chi connectivity index (χ0n) is 10.6. The van der Waals surface area contributed by atoms with Gasteiger partial charge in [-0.2, -0.15) is 5.10 Å². The van der Waals surface area contributed by atoms with Gasteiger partial charge in [0.25, 0.3) is 5.69 Å². The summed E-state index contributed by atoms with van der Waals surface area (Å²) in [6, 6.07) is 4.13. The molecule has 0 radical (unpaired) electrons. The molecular formula is C12H12BrFN4O2. The molecule has 0 atom stereocenters. The maximum Gasteiger partial charge on any atom is 0.293 e. The van der Waals surface area contributed by atoms with Crippen LogP contribution in [0, 0.1) is 15.9 Å². The van der Waals surface area contributed by atoms with E-state index < -0.39 is 10.7 Å². The zero-order chi connectivity index (χ0) is 14.7. The molecule has 0 saturated carbocycles. The Morgan fingerprint density at radius 1 is 1.55 bits per heavy atom. The van der Waals surface area contributed by atoms with Crippen LogP contribution in [0.2, 0.25) is 0 Å². The van der Waals surface area contributed by atoms with Crippen molar-refractivity contribution in [1.29, 1.82) is 0 Å². The summed E-state index contributed by atoms with van der Waals surface area (Å²) in [7, 11) is 1.82. The van der Waals surface area contributed by atoms with E-state index in [-0.39, 0.29) is 15.8 Å². The summed E-state index contributed by atoms with van der Waals surface area (Å²) >= 11 is 2.94. The molecule has 0 aliphatic rings. The van der Waals surface area contributed by atoms with Gasteiger partial charge in [-0.15, -0.1) is 0 Å². The van der Waals surface area contributed by atoms with Gasteiger partial charge in [0.2, 0.25) is 0 Å². The predicted octanol–water partition coefficient (Wildman–Crippen LogP) is 2.88. The van der Waals surface area contributed by atoms with Crippen molar-refractivity contribution in [1.82, 2.24) is 9.78 Å². The first-order valence-corrected chi connectivity index (χ1v) is 6.62. The second-order valence-electron chi connectivity index (χ2n) is 4.16. The summed E-state index contributed by atoms with van der Waals surface area (Å²) in [5.41, 5.74) is 0.985. The maximum atomic E-state index is 13.5. The Kier molecular flexibility index (Phi) is 4.33. The standard InChI is InChI=1S/C12H12BrFN4O2/c1-17-8(3-5-16-17)2-4-15-11-7-10(14)9(13)6-12(11)18(19)20/h3,5-7,15H,2,4H2,1H3. The van der Waals surface area contributed by atoms with Crippen molar-refractivity contribution in [2.24, 2.45) is 7.05 Å². The highest BCUT2D eigenvalue weighted by Crippen LogP contribution is 2.30. The number of nitro groups is 1. The zero-order valence-corrected chi connectivity index (χ0v) is 12.2. The Labute approximate surface area is 122 Å². The van der Waals surface area contributed by atoms with Crippen LogP contribution in [0.1, 0.15) is 5.69 Å². The van der Waals surface area contributed by atoms with Crippen molar-refractivity contribution >= 4 is 27.3 Å². The van der Waals surface area contributed by atoms with Crippen LogP contribution in [0.25, 0.3) is 0 Å². The molecule has 6 nitrogen and oxygen atoms in total. The fourth-order valence-electron chi connectivity index (χ4n) is 1.80. The maximum absolute atomic E-state index is 13.5. The Morgan fingerprint density at radius 3 is 2.90 bits per heavy atom. The average Bonchev–Trinajstić information content (AvgIpc) is 2.79. The minimum absolute atomic E-state index is 0.0707. The van der Waals surface area contributed by atoms with Gasteiger partial charge in [0.05, 0.1) is 9.40 Å². The van der Waals surface area contributed by atoms with Crippen molar-refractivity contribution in [3.63, 3.8) is 0 Å². The molecule has 1 N–H and O–H groups in total. The smallest absolute Gasteiger partial charge is 0.293 e. The Balaban J connectivity index is 2.11. The number of nitro benzene ring substituents is 1. The number of halogens is 2. The molecule has 1 heterocycles. The number of nitrogens with one attached hydrogen (secondary N) is 1. The highest BCUT2D eigenvalue weighted by molar-refractivity contribution is 9.10. The van der Waals surface area contributed by atoms with Gasteiger partial charge in [-0.1, -0.05) is 0 Å². The Hall–Kier alpha value is -1.96. The number of hydrogen-bond donors (Lipinski definition) is 1. The van der Waals surface area contributed by atoms with Crippen LogP contribution < -0.4 is 5.32 Å². The molecule has 0 saturated heterocycles. The SMILES string of the molecule is Cn1nccc1CCNc1cc(F)c(Br)cc1[N+](=O)[O-]. The number of hydrogen-bond acceptors (Lipinski definition) is 4. The van der Waals surface area contributed by atoms with Crippen LogP contribution >= 0.6 is 15.9 Å². The van der Waals surface area contributed by atoms with Crippen LogP contribution in [-0.4, -0.2) is 21.2 Å². The molecule has 2 rings (SSSR count). The minimum atomic E-state index is -0.545. The fraction of sp³-hybridized carbons (Fsp3) is 0.250. The van der Waals surface area contributed by atoms with E-state index in [0.29, 0.717) is 13.0 Å². The van der Waals surface area contributed by atoms with Gasteiger partial charge in [0.15, 0.2) is 0 Å². The molecule has 1 aromatic heterocycles. The van der Waals surface area contributed by atoms with E-state index in [2.05, 4.69) is 26.3 Å². The largest absolute Gasteiger partial charge is 0.379 e. The Morgan fingerprint density at radius 2 is 2.30 bits per heavy atom. The summed E-state index contributed by atoms with van der Waals surface area (Å²) in [5.74, 6) is -0.543. The summed E-state index contributed by atoms with van der Waals surface area (Å²) in [6.07, 6.45) is 2.31. The van der Waals surface area contributed by atoms with Crippen LogP contribution in [0.15, 0.2) is 28.9 Å². The molecule has 0 amide bonds. The lowest BCUT2D eigenvalue weighted by atomic mass is 10.2. The van der Waals surface area contributed by atoms with Crippen molar-refractivity contribution in [2.75, 3.05) is 11.9 Å². The van der Waals surface area contributed by atoms with E-state index in [1.165, 1.54) is 0 Å². The number of aromatic nitrogens is 2. The van der Waals surface area contributed by atoms with E-state index >= 15 is 0 Å². The minimum Gasteiger partial charge on any atom is -0.379 e. The van der Waals surface area contributed by atoms with Gasteiger partial charge in [0.1, 0.15) is 11.5 Å². The van der Waals surface area contributed by atoms with Gasteiger partial charge in [-0.25, -0.2) is 4.39 Å². The summed E-state index contributed by atoms with van der Waals surface area (Å²) < 4.78 is 15.3. The van der Waals surface area contributed by atoms with Gasteiger partial charge < -0.3 is 5.32 Å². The number of benzene rings is 1. The Bertz CT molecular complexity index is 644. The first-order chi connectivity index (χ1) is 9.49. The van der Waals surface area contributed by atoms with E-state index in [1.807, 2.05) is 13.1 Å². The molecule has 0 aliphatic heterocycles. The van der Waals surface area contributed by atoms with Crippen molar-refractivity contribution in [3.8, 4) is 0 Å². The summed E-state index contributed by atoms with van der Waals surface area (Å²) in [4.78, 5) is 10.4. The number of aryl methyl sites for hydroxylation is 1. The van der Waals surface area contributed by atoms with E-state index in [4.69, 9.17) is 0 Å². The van der Waals surface area contributed by atoms with Gasteiger partial charge in [-0.05, 0) is 22.0 Å². The van der Waals surface area contributed by atoms with E-state index in [1.54, 1.807) is 10.9 Å². The molecule has 0 unspecified atom stereocenters. The molecule has 106 valence electrons. The fourth-order valence-corrected chi connectivity index (χ4v) is 2.13. The first-order valence-electron chi connectivity index (χ1n) is 5.83. The van der Waals surface area contributed by atoms with Crippen LogP contribution in [-0.2, 0) is 13.5 Å². The van der Waals surface area contributed by atoms with Crippen LogP contribution in [0.5, 0.6) is 0 Å². The number of anilines is 1. The van der Waals surface area contributed by atoms with Crippen LogP contribution in [0.4, 0.5) is 15.8 Å². The molecule has 8 heteroatoms. The van der Waals surface area contributed by atoms with E-state index in [9.17, 15) is 14.5 Å². The summed E-state index contributed by atoms with van der Waals surface area (Å²) in [5, 5.41) is 17.9. The third-order valence-electron chi connectivity index (χ3n) is 2.85. The van der Waals surface area contributed by atoms with Gasteiger partial charge >= 0.3 is 0 Å². The summed E-state index contributed by atoms with van der Waals surface area (Å²) in [6.45, 7) is 0.446. The number of nitrogens with zero attached hydrogens (tertiary/aromatic N) is 3. The van der Waals surface area contributed by atoms with E-state index in [0.717, 1.165) is 17.8 Å². The normalized spacial score (nSPS) is 10.6. The topological polar surface area (TPSA) is 73.0 Å². The van der Waals surface area contributed by atoms with Gasteiger partial charge in [0, 0.05) is 44.0 Å². The highest BCUT2D eigenvalue weighted by atomic mass is 79.9.